The molecule has 0 fully saturated rings. The van der Waals surface area contributed by atoms with Gasteiger partial charge in [-0.2, -0.15) is 10.2 Å². The maximum Gasteiger partial charge on any atom is 1.00 e. The first kappa shape index (κ1) is 75.0. The van der Waals surface area contributed by atoms with E-state index in [-0.39, 0.29) is 87.3 Å². The second kappa shape index (κ2) is 33.9. The number of rotatable bonds is 29. The van der Waals surface area contributed by atoms with Crippen LogP contribution in [0.1, 0.15) is 149 Å². The molecule has 0 aliphatic rings. The van der Waals surface area contributed by atoms with Crippen LogP contribution in [-0.4, -0.2) is 104 Å². The van der Waals surface area contributed by atoms with E-state index in [1.807, 2.05) is 41.5 Å². The number of nitro benzene ring substituents is 2. The fourth-order valence-corrected chi connectivity index (χ4v) is 9.74. The Balaban J connectivity index is 0.000000470. The molecule has 88 heavy (non-hydrogen) atoms. The fourth-order valence-electron chi connectivity index (χ4n) is 8.64. The molecule has 27 nitrogen and oxygen atoms in total. The van der Waals surface area contributed by atoms with Gasteiger partial charge < -0.3 is 40.2 Å². The summed E-state index contributed by atoms with van der Waals surface area (Å²) < 4.78 is 48.4. The number of aromatic hydroxyl groups is 2. The number of aliphatic hydroxyl groups excluding tert-OH is 2. The molecule has 2 heterocycles. The number of hydrogen-bond acceptors (Lipinski definition) is 21. The van der Waals surface area contributed by atoms with E-state index in [1.54, 1.807) is 0 Å². The Morgan fingerprint density at radius 3 is 1.27 bits per heavy atom. The Morgan fingerprint density at radius 1 is 0.602 bits per heavy atom. The van der Waals surface area contributed by atoms with Crippen LogP contribution in [0.3, 0.4) is 0 Å². The molecule has 0 aliphatic heterocycles. The molecular weight excluding hydrogens is 1220 g/mol. The SMILES string of the molecule is CCC(C)(C)c1cc(N=N[c-]2c(C)nn(-c3cccc(S(N)(=O)=O)c3)c2=O)c(O)c([N+](=O)[O-])c1.CCC(C)(C)c1cc(N=N[c-]2c(C)nn(-c3cccc(S(N)(=O)=O)c3)c2=O)c(O)c([N+](=O)[O-])c1.CCCCCCCCCCCCN(CCO)CCO.[Cr].[H+]. The van der Waals surface area contributed by atoms with Crippen molar-refractivity contribution >= 4 is 54.2 Å². The summed E-state index contributed by atoms with van der Waals surface area (Å²) in [6.45, 7) is 19.4. The number of nitro groups is 2. The van der Waals surface area contributed by atoms with Gasteiger partial charge in [0.05, 0.1) is 44.2 Å². The smallest absolute Gasteiger partial charge is 0.501 e. The summed E-state index contributed by atoms with van der Waals surface area (Å²) in [5, 5.41) is 95.6. The molecule has 6 rings (SSSR count). The molecule has 4 aromatic carbocycles. The summed E-state index contributed by atoms with van der Waals surface area (Å²) in [4.78, 5) is 49.0. The summed E-state index contributed by atoms with van der Waals surface area (Å²) >= 11 is 0. The fraction of sp³-hybridized carbons (Fsp3) is 0.483. The van der Waals surface area contributed by atoms with Crippen molar-refractivity contribution in [1.82, 2.24) is 24.5 Å². The van der Waals surface area contributed by atoms with Crippen molar-refractivity contribution in [3.63, 3.8) is 0 Å². The minimum absolute atomic E-state index is 0. The van der Waals surface area contributed by atoms with Crippen molar-refractivity contribution in [2.24, 2.45) is 30.7 Å². The maximum absolute atomic E-state index is 12.9. The van der Waals surface area contributed by atoms with Crippen LogP contribution < -0.4 is 21.4 Å². The van der Waals surface area contributed by atoms with Gasteiger partial charge in [-0.3, -0.25) is 25.1 Å². The number of azo groups is 2. The van der Waals surface area contributed by atoms with Crippen molar-refractivity contribution < 1.29 is 65.9 Å². The summed E-state index contributed by atoms with van der Waals surface area (Å²) in [7, 11) is -8.00. The molecular formula is C58H82CrN13O14S2-. The number of phenolic OH excluding ortho intramolecular Hbond substituents is 2. The van der Waals surface area contributed by atoms with Crippen LogP contribution >= 0.6 is 0 Å². The molecule has 0 spiro atoms. The number of nitrogens with zero attached hydrogens (tertiary/aromatic N) is 11. The van der Waals surface area contributed by atoms with Gasteiger partial charge in [0.1, 0.15) is 22.5 Å². The molecule has 482 valence electrons. The van der Waals surface area contributed by atoms with Crippen molar-refractivity contribution in [3.8, 4) is 22.9 Å². The molecule has 0 saturated heterocycles. The van der Waals surface area contributed by atoms with Crippen LogP contribution in [0, 0.1) is 34.1 Å². The third kappa shape index (κ3) is 20.9. The van der Waals surface area contributed by atoms with Gasteiger partial charge in [0.25, 0.3) is 0 Å². The Kier molecular flexibility index (Phi) is 28.9. The van der Waals surface area contributed by atoms with Gasteiger partial charge in [0, 0.05) is 42.6 Å². The number of aliphatic hydroxyl groups is 2. The van der Waals surface area contributed by atoms with E-state index < -0.39 is 74.7 Å². The minimum Gasteiger partial charge on any atom is -0.501 e. The van der Waals surface area contributed by atoms with Gasteiger partial charge in [0.2, 0.25) is 31.5 Å². The Morgan fingerprint density at radius 2 is 0.955 bits per heavy atom. The van der Waals surface area contributed by atoms with E-state index in [2.05, 4.69) is 42.5 Å². The average Bonchev–Trinajstić information content (AvgIpc) is 3.58. The summed E-state index contributed by atoms with van der Waals surface area (Å²) in [6, 6.07) is 16.2. The van der Waals surface area contributed by atoms with Gasteiger partial charge in [0.15, 0.2) is 0 Å². The second-order valence-electron chi connectivity index (χ2n) is 22.0. The second-order valence-corrected chi connectivity index (χ2v) is 25.1. The van der Waals surface area contributed by atoms with E-state index in [1.165, 1.54) is 151 Å². The van der Waals surface area contributed by atoms with Crippen LogP contribution in [0.25, 0.3) is 11.4 Å². The number of aromatic nitrogens is 4. The Bertz CT molecular complexity index is 3520. The largest absolute Gasteiger partial charge is 1.00 e. The van der Waals surface area contributed by atoms with Gasteiger partial charge in [-0.15, -0.1) is 11.4 Å². The average molecular weight is 1300 g/mol. The molecule has 6 aromatic rings. The molecule has 0 radical (unpaired) electrons. The summed E-state index contributed by atoms with van der Waals surface area (Å²) in [5.41, 5.74) is -2.26. The first-order valence-electron chi connectivity index (χ1n) is 28.5. The minimum atomic E-state index is -4.00. The van der Waals surface area contributed by atoms with E-state index in [4.69, 9.17) is 20.5 Å². The maximum atomic E-state index is 12.9. The number of unbranched alkanes of at least 4 members (excludes halogenated alkanes) is 9. The zero-order valence-corrected chi connectivity index (χ0v) is 54.0. The predicted octanol–water partition coefficient (Wildman–Crippen LogP) is 10.6. The van der Waals surface area contributed by atoms with E-state index in [0.717, 1.165) is 15.9 Å². The number of sulfonamides is 2. The van der Waals surface area contributed by atoms with Crippen LogP contribution in [0.4, 0.5) is 34.1 Å². The zero-order chi connectivity index (χ0) is 65.0. The monoisotopic (exact) mass is 1300 g/mol. The first-order chi connectivity index (χ1) is 40.9. The van der Waals surface area contributed by atoms with Crippen molar-refractivity contribution in [3.05, 3.63) is 136 Å². The molecule has 0 aliphatic carbocycles. The van der Waals surface area contributed by atoms with Crippen molar-refractivity contribution in [2.45, 2.75) is 160 Å². The van der Waals surface area contributed by atoms with Crippen molar-refractivity contribution in [2.75, 3.05) is 32.8 Å². The van der Waals surface area contributed by atoms with E-state index in [9.17, 15) is 56.9 Å². The molecule has 30 heteroatoms. The van der Waals surface area contributed by atoms with E-state index >= 15 is 0 Å². The normalized spacial score (nSPS) is 12.0. The van der Waals surface area contributed by atoms with E-state index in [0.29, 0.717) is 37.1 Å². The number of aryl methyl sites for hydroxylation is 2. The molecule has 0 saturated carbocycles. The van der Waals surface area contributed by atoms with Gasteiger partial charge in [-0.1, -0.05) is 144 Å². The third-order valence-electron chi connectivity index (χ3n) is 14.8. The summed E-state index contributed by atoms with van der Waals surface area (Å²) in [5.74, 6) is -1.36. The Hall–Kier alpha value is -7.27. The first-order valence-corrected chi connectivity index (χ1v) is 31.6. The third-order valence-corrected chi connectivity index (χ3v) is 16.6. The molecule has 0 amide bonds. The standard InChI is InChI=1S/2C21H23N6O6S.C16H35NO2.Cr/c2*1-5-21(3,4)13-9-16(19(28)17(10-13)27(30)31)23-24-18-12(2)25-26(20(18)29)14-7-6-8-15(11-14)34(22,32)33;1-2-3-4-5-6-7-8-9-10-11-12-17(13-15-18)14-16-19;/h2*6-11,28H,5H2,1-4H3,(H2,22,32,33);18-19H,2-16H2,1H3;/q2*-1;;/p+1. The van der Waals surface area contributed by atoms with Crippen LogP contribution in [0.15, 0.2) is 113 Å². The molecule has 0 bridgehead atoms. The topological polar surface area (TPSA) is 410 Å². The van der Waals surface area contributed by atoms with Crippen molar-refractivity contribution in [1.29, 1.82) is 0 Å². The summed E-state index contributed by atoms with van der Waals surface area (Å²) in [6.07, 6.45) is 14.8. The van der Waals surface area contributed by atoms with Crippen LogP contribution in [-0.2, 0) is 48.2 Å². The van der Waals surface area contributed by atoms with Gasteiger partial charge >= 0.3 is 12.8 Å². The number of phenols is 2. The molecule has 2 aromatic heterocycles. The van der Waals surface area contributed by atoms with Crippen LogP contribution in [0.5, 0.6) is 11.5 Å². The number of hydrogen-bond donors (Lipinski definition) is 6. The predicted molar refractivity (Wildman–Crippen MR) is 331 cm³/mol. The molecule has 8 N–H and O–H groups in total. The van der Waals surface area contributed by atoms with Gasteiger partial charge in [-0.05, 0) is 96.3 Å². The zero-order valence-electron chi connectivity index (χ0n) is 52.1. The number of primary sulfonamides is 2. The molecule has 0 unspecified atom stereocenters. The van der Waals surface area contributed by atoms with Crippen LogP contribution in [0.2, 0.25) is 0 Å². The quantitative estimate of drug-likeness (QED) is 0.00835. The Labute approximate surface area is 524 Å². The molecule has 0 atom stereocenters. The number of benzene rings is 4. The van der Waals surface area contributed by atoms with Gasteiger partial charge in [-0.25, -0.2) is 46.7 Å². The number of nitrogens with two attached hydrogens (primary N) is 2.